The average Bonchev–Trinajstić information content (AvgIpc) is 3.35. The molecule has 0 aromatic rings. The van der Waals surface area contributed by atoms with Crippen molar-refractivity contribution in [1.82, 2.24) is 15.5 Å². The molecule has 0 spiro atoms. The van der Waals surface area contributed by atoms with Gasteiger partial charge in [-0.05, 0) is 26.2 Å². The minimum Gasteiger partial charge on any atom is -0.381 e. The highest BCUT2D eigenvalue weighted by atomic mass is 16.5. The largest absolute Gasteiger partial charge is 0.381 e. The lowest BCUT2D eigenvalue weighted by Crippen LogP contribution is -2.49. The van der Waals surface area contributed by atoms with Crippen LogP contribution in [0.5, 0.6) is 0 Å². The van der Waals surface area contributed by atoms with E-state index >= 15 is 0 Å². The van der Waals surface area contributed by atoms with E-state index in [4.69, 9.17) is 19.2 Å². The molecule has 0 bridgehead atoms. The summed E-state index contributed by atoms with van der Waals surface area (Å²) in [6, 6.07) is 0.435. The van der Waals surface area contributed by atoms with Crippen molar-refractivity contribution < 1.29 is 14.2 Å². The fraction of sp³-hybridized carbons (Fsp3) is 0.944. The first kappa shape index (κ1) is 18.9. The van der Waals surface area contributed by atoms with E-state index in [1.807, 2.05) is 0 Å². The standard InChI is InChI=1S/C18H34N4O3/c1-2-19-18(20-12-16-4-3-8-25-16)21-13-17(15-5-9-24-14-15)22-6-10-23-11-7-22/h15-17H,2-14H2,1H3,(H2,19,20,21). The molecule has 25 heavy (non-hydrogen) atoms. The Hall–Kier alpha value is -0.890. The van der Waals surface area contributed by atoms with Crippen molar-refractivity contribution in [3.8, 4) is 0 Å². The maximum absolute atomic E-state index is 5.70. The van der Waals surface area contributed by atoms with Gasteiger partial charge in [0.15, 0.2) is 5.96 Å². The summed E-state index contributed by atoms with van der Waals surface area (Å²) < 4.78 is 16.9. The van der Waals surface area contributed by atoms with E-state index in [0.717, 1.165) is 84.6 Å². The molecule has 7 nitrogen and oxygen atoms in total. The minimum atomic E-state index is 0.321. The van der Waals surface area contributed by atoms with E-state index in [9.17, 15) is 0 Å². The van der Waals surface area contributed by atoms with E-state index in [2.05, 4.69) is 22.5 Å². The predicted octanol–water partition coefficient (Wildman–Crippen LogP) is 0.458. The van der Waals surface area contributed by atoms with Crippen LogP contribution in [-0.2, 0) is 14.2 Å². The highest BCUT2D eigenvalue weighted by Crippen LogP contribution is 2.22. The van der Waals surface area contributed by atoms with Crippen LogP contribution < -0.4 is 10.6 Å². The summed E-state index contributed by atoms with van der Waals surface area (Å²) in [5.74, 6) is 1.47. The molecule has 0 aliphatic carbocycles. The van der Waals surface area contributed by atoms with Crippen molar-refractivity contribution in [3.63, 3.8) is 0 Å². The summed E-state index contributed by atoms with van der Waals surface area (Å²) in [6.07, 6.45) is 3.77. The number of morpholine rings is 1. The zero-order chi connectivity index (χ0) is 17.3. The Morgan fingerprint density at radius 2 is 2.00 bits per heavy atom. The van der Waals surface area contributed by atoms with Crippen molar-refractivity contribution >= 4 is 5.96 Å². The van der Waals surface area contributed by atoms with Gasteiger partial charge in [-0.1, -0.05) is 0 Å². The van der Waals surface area contributed by atoms with Crippen LogP contribution in [0.1, 0.15) is 26.2 Å². The molecule has 3 aliphatic rings. The van der Waals surface area contributed by atoms with E-state index in [1.54, 1.807) is 0 Å². The molecule has 2 N–H and O–H groups in total. The fourth-order valence-corrected chi connectivity index (χ4v) is 3.87. The first-order valence-electron chi connectivity index (χ1n) is 9.90. The molecule has 0 radical (unpaired) electrons. The third kappa shape index (κ3) is 5.81. The van der Waals surface area contributed by atoms with Crippen molar-refractivity contribution in [1.29, 1.82) is 0 Å². The highest BCUT2D eigenvalue weighted by molar-refractivity contribution is 5.79. The van der Waals surface area contributed by atoms with Crippen LogP contribution in [0, 0.1) is 5.92 Å². The molecule has 0 aromatic carbocycles. The van der Waals surface area contributed by atoms with Crippen LogP contribution in [0.25, 0.3) is 0 Å². The Morgan fingerprint density at radius 1 is 1.12 bits per heavy atom. The van der Waals surface area contributed by atoms with Gasteiger partial charge in [-0.25, -0.2) is 0 Å². The first-order valence-corrected chi connectivity index (χ1v) is 9.90. The van der Waals surface area contributed by atoms with E-state index < -0.39 is 0 Å². The van der Waals surface area contributed by atoms with Gasteiger partial charge in [0.25, 0.3) is 0 Å². The van der Waals surface area contributed by atoms with Crippen LogP contribution in [0.3, 0.4) is 0 Å². The molecular weight excluding hydrogens is 320 g/mol. The van der Waals surface area contributed by atoms with Gasteiger partial charge in [0.05, 0.1) is 32.5 Å². The molecule has 0 amide bonds. The molecule has 3 aliphatic heterocycles. The summed E-state index contributed by atoms with van der Waals surface area (Å²) in [5.41, 5.74) is 0. The number of aliphatic imine (C=N–C) groups is 1. The van der Waals surface area contributed by atoms with E-state index in [1.165, 1.54) is 6.42 Å². The first-order chi connectivity index (χ1) is 12.4. The van der Waals surface area contributed by atoms with Crippen LogP contribution in [-0.4, -0.2) is 88.8 Å². The molecule has 3 unspecified atom stereocenters. The van der Waals surface area contributed by atoms with Gasteiger partial charge in [0.2, 0.25) is 0 Å². The number of nitrogens with zero attached hydrogens (tertiary/aromatic N) is 2. The molecule has 3 rings (SSSR count). The molecule has 3 saturated heterocycles. The van der Waals surface area contributed by atoms with Gasteiger partial charge in [0.1, 0.15) is 0 Å². The number of ether oxygens (including phenoxy) is 3. The predicted molar refractivity (Wildman–Crippen MR) is 98.1 cm³/mol. The van der Waals surface area contributed by atoms with Gasteiger partial charge in [-0.2, -0.15) is 0 Å². The Kier molecular flexibility index (Phi) is 7.79. The monoisotopic (exact) mass is 354 g/mol. The maximum Gasteiger partial charge on any atom is 0.191 e. The molecule has 0 saturated carbocycles. The topological polar surface area (TPSA) is 67.4 Å². The van der Waals surface area contributed by atoms with Crippen molar-refractivity contribution in [2.45, 2.75) is 38.3 Å². The molecule has 3 atom stereocenters. The maximum atomic E-state index is 5.70. The lowest BCUT2D eigenvalue weighted by atomic mass is 9.97. The summed E-state index contributed by atoms with van der Waals surface area (Å²) in [5, 5.41) is 6.82. The number of hydrogen-bond donors (Lipinski definition) is 2. The van der Waals surface area contributed by atoms with Gasteiger partial charge < -0.3 is 24.8 Å². The van der Waals surface area contributed by atoms with Crippen LogP contribution >= 0.6 is 0 Å². The van der Waals surface area contributed by atoms with Gasteiger partial charge in [-0.3, -0.25) is 9.89 Å². The number of nitrogens with one attached hydrogen (secondary N) is 2. The van der Waals surface area contributed by atoms with Crippen LogP contribution in [0.2, 0.25) is 0 Å². The zero-order valence-corrected chi connectivity index (χ0v) is 15.5. The molecule has 0 aromatic heterocycles. The second kappa shape index (κ2) is 10.3. The van der Waals surface area contributed by atoms with Gasteiger partial charge >= 0.3 is 0 Å². The lowest BCUT2D eigenvalue weighted by Gasteiger charge is -2.36. The third-order valence-electron chi connectivity index (χ3n) is 5.33. The molecule has 3 heterocycles. The smallest absolute Gasteiger partial charge is 0.191 e. The Labute approximate surface area is 151 Å². The van der Waals surface area contributed by atoms with Crippen LogP contribution in [0.4, 0.5) is 0 Å². The van der Waals surface area contributed by atoms with E-state index in [-0.39, 0.29) is 0 Å². The van der Waals surface area contributed by atoms with Gasteiger partial charge in [0, 0.05) is 51.4 Å². The van der Waals surface area contributed by atoms with Crippen molar-refractivity contribution in [2.75, 3.05) is 65.8 Å². The average molecular weight is 354 g/mol. The second-order valence-electron chi connectivity index (χ2n) is 7.07. The third-order valence-corrected chi connectivity index (χ3v) is 5.33. The summed E-state index contributed by atoms with van der Waals surface area (Å²) >= 11 is 0. The Balaban J connectivity index is 1.57. The Morgan fingerprint density at radius 3 is 2.68 bits per heavy atom. The highest BCUT2D eigenvalue weighted by Gasteiger charge is 2.31. The second-order valence-corrected chi connectivity index (χ2v) is 7.07. The quantitative estimate of drug-likeness (QED) is 0.511. The summed E-state index contributed by atoms with van der Waals surface area (Å²) in [4.78, 5) is 7.43. The summed E-state index contributed by atoms with van der Waals surface area (Å²) in [7, 11) is 0. The molecule has 144 valence electrons. The normalized spacial score (nSPS) is 29.7. The fourth-order valence-electron chi connectivity index (χ4n) is 3.87. The molecular formula is C18H34N4O3. The van der Waals surface area contributed by atoms with E-state index in [0.29, 0.717) is 18.1 Å². The van der Waals surface area contributed by atoms with Crippen molar-refractivity contribution in [3.05, 3.63) is 0 Å². The minimum absolute atomic E-state index is 0.321. The van der Waals surface area contributed by atoms with Gasteiger partial charge in [-0.15, -0.1) is 0 Å². The van der Waals surface area contributed by atoms with Crippen molar-refractivity contribution in [2.24, 2.45) is 10.9 Å². The van der Waals surface area contributed by atoms with Crippen LogP contribution in [0.15, 0.2) is 4.99 Å². The number of guanidine groups is 1. The molecule has 7 heteroatoms. The number of rotatable bonds is 7. The number of hydrogen-bond acceptors (Lipinski definition) is 5. The zero-order valence-electron chi connectivity index (χ0n) is 15.5. The Bertz CT molecular complexity index is 403. The molecule has 3 fully saturated rings. The lowest BCUT2D eigenvalue weighted by molar-refractivity contribution is 0.00368. The SMILES string of the molecule is CCNC(=NCC(C1CCOC1)N1CCOCC1)NCC1CCCO1. The summed E-state index contributed by atoms with van der Waals surface area (Å²) in [6.45, 7) is 10.9.